The Balaban J connectivity index is 0.00000162. The maximum absolute atomic E-state index is 12.0. The summed E-state index contributed by atoms with van der Waals surface area (Å²) in [6.45, 7) is 2.32. The number of nitrogens with zero attached hydrogens (tertiary/aromatic N) is 2. The molecule has 0 unspecified atom stereocenters. The summed E-state index contributed by atoms with van der Waals surface area (Å²) in [7, 11) is 0. The molecule has 0 aliphatic heterocycles. The highest BCUT2D eigenvalue weighted by Gasteiger charge is 2.34. The van der Waals surface area contributed by atoms with E-state index in [2.05, 4.69) is 15.3 Å². The Morgan fingerprint density at radius 1 is 1.32 bits per heavy atom. The summed E-state index contributed by atoms with van der Waals surface area (Å²) in [5, 5.41) is 3.01. The highest BCUT2D eigenvalue weighted by Crippen LogP contribution is 2.28. The van der Waals surface area contributed by atoms with Gasteiger partial charge in [-0.15, -0.1) is 24.8 Å². The van der Waals surface area contributed by atoms with Crippen molar-refractivity contribution in [2.24, 2.45) is 5.73 Å². The number of carbonyl (C=O) groups excluding carboxylic acids is 1. The number of aryl methyl sites for hydroxylation is 1. The van der Waals surface area contributed by atoms with E-state index in [1.165, 1.54) is 6.20 Å². The molecule has 1 saturated carbocycles. The molecule has 0 aromatic carbocycles. The van der Waals surface area contributed by atoms with Crippen LogP contribution in [-0.2, 0) is 0 Å². The average Bonchev–Trinajstić information content (AvgIpc) is 2.79. The molecule has 0 spiro atoms. The van der Waals surface area contributed by atoms with Gasteiger partial charge in [0.25, 0.3) is 5.91 Å². The highest BCUT2D eigenvalue weighted by atomic mass is 35.5. The fourth-order valence-corrected chi connectivity index (χ4v) is 2.25. The molecule has 5 nitrogen and oxygen atoms in total. The molecule has 0 saturated heterocycles. The lowest BCUT2D eigenvalue weighted by atomic mass is 9.97. The molecule has 2 rings (SSSR count). The van der Waals surface area contributed by atoms with E-state index in [-0.39, 0.29) is 36.3 Å². The minimum atomic E-state index is -0.232. The van der Waals surface area contributed by atoms with E-state index in [4.69, 9.17) is 5.73 Å². The molecule has 108 valence electrons. The van der Waals surface area contributed by atoms with E-state index in [0.717, 1.165) is 31.4 Å². The molecule has 1 aromatic heterocycles. The monoisotopic (exact) mass is 306 g/mol. The van der Waals surface area contributed by atoms with Crippen LogP contribution in [0.5, 0.6) is 0 Å². The third kappa shape index (κ3) is 4.30. The molecule has 0 bridgehead atoms. The third-order valence-electron chi connectivity index (χ3n) is 3.34. The van der Waals surface area contributed by atoms with Gasteiger partial charge >= 0.3 is 0 Å². The van der Waals surface area contributed by atoms with Crippen LogP contribution in [0.2, 0.25) is 0 Å². The van der Waals surface area contributed by atoms with E-state index < -0.39 is 0 Å². The van der Waals surface area contributed by atoms with Gasteiger partial charge in [0, 0.05) is 12.7 Å². The van der Waals surface area contributed by atoms with Gasteiger partial charge in [0.1, 0.15) is 5.69 Å². The lowest BCUT2D eigenvalue weighted by molar-refractivity contribution is 0.0897. The summed E-state index contributed by atoms with van der Waals surface area (Å²) >= 11 is 0. The Kier molecular flexibility index (Phi) is 7.26. The zero-order valence-electron chi connectivity index (χ0n) is 10.9. The summed E-state index contributed by atoms with van der Waals surface area (Å²) in [6.07, 6.45) is 7.25. The van der Waals surface area contributed by atoms with E-state index in [9.17, 15) is 4.79 Å². The Hall–Kier alpha value is -0.910. The van der Waals surface area contributed by atoms with Gasteiger partial charge in [0.2, 0.25) is 0 Å². The highest BCUT2D eigenvalue weighted by molar-refractivity contribution is 5.92. The first-order valence-corrected chi connectivity index (χ1v) is 5.96. The van der Waals surface area contributed by atoms with Crippen LogP contribution in [0.4, 0.5) is 0 Å². The van der Waals surface area contributed by atoms with Crippen LogP contribution in [0.15, 0.2) is 12.4 Å². The summed E-state index contributed by atoms with van der Waals surface area (Å²) < 4.78 is 0. The summed E-state index contributed by atoms with van der Waals surface area (Å²) in [4.78, 5) is 20.1. The van der Waals surface area contributed by atoms with Gasteiger partial charge < -0.3 is 11.1 Å². The molecule has 19 heavy (non-hydrogen) atoms. The maximum Gasteiger partial charge on any atom is 0.271 e. The minimum absolute atomic E-state index is 0. The second-order valence-electron chi connectivity index (χ2n) is 4.69. The fourth-order valence-electron chi connectivity index (χ4n) is 2.25. The predicted octanol–water partition coefficient (Wildman–Crippen LogP) is 1.63. The van der Waals surface area contributed by atoms with E-state index in [1.807, 2.05) is 6.92 Å². The molecule has 1 fully saturated rings. The molecular formula is C12H20Cl2N4O. The molecule has 1 aromatic rings. The number of halogens is 2. The molecule has 1 aliphatic rings. The van der Waals surface area contributed by atoms with Crippen molar-refractivity contribution in [1.82, 2.24) is 15.3 Å². The Morgan fingerprint density at radius 2 is 1.95 bits per heavy atom. The second kappa shape index (κ2) is 7.62. The van der Waals surface area contributed by atoms with Gasteiger partial charge in [0.15, 0.2) is 0 Å². The zero-order chi connectivity index (χ0) is 12.3. The van der Waals surface area contributed by atoms with Crippen LogP contribution in [0, 0.1) is 6.92 Å². The van der Waals surface area contributed by atoms with Crippen molar-refractivity contribution < 1.29 is 4.79 Å². The molecule has 7 heteroatoms. The van der Waals surface area contributed by atoms with Crippen molar-refractivity contribution in [3.63, 3.8) is 0 Å². The first-order chi connectivity index (χ1) is 8.15. The van der Waals surface area contributed by atoms with Gasteiger partial charge in [-0.3, -0.25) is 9.78 Å². The van der Waals surface area contributed by atoms with Gasteiger partial charge in [-0.25, -0.2) is 4.98 Å². The smallest absolute Gasteiger partial charge is 0.271 e. The molecule has 0 atom stereocenters. The number of hydrogen-bond donors (Lipinski definition) is 2. The lowest BCUT2D eigenvalue weighted by Gasteiger charge is -2.28. The fraction of sp³-hybridized carbons (Fsp3) is 0.583. The molecule has 1 aliphatic carbocycles. The number of nitrogens with one attached hydrogen (secondary N) is 1. The maximum atomic E-state index is 12.0. The summed E-state index contributed by atoms with van der Waals surface area (Å²) in [5.41, 5.74) is 6.69. The Labute approximate surface area is 125 Å². The zero-order valence-corrected chi connectivity index (χ0v) is 12.5. The van der Waals surface area contributed by atoms with Crippen molar-refractivity contribution >= 4 is 30.7 Å². The lowest BCUT2D eigenvalue weighted by Crippen LogP contribution is -2.51. The number of carbonyl (C=O) groups is 1. The largest absolute Gasteiger partial charge is 0.344 e. The first-order valence-electron chi connectivity index (χ1n) is 5.96. The SMILES string of the molecule is Cc1cnc(C(=O)NC2(CN)CCCC2)cn1.Cl.Cl. The summed E-state index contributed by atoms with van der Waals surface area (Å²) in [5.74, 6) is -0.176. The van der Waals surface area contributed by atoms with Gasteiger partial charge in [0.05, 0.1) is 17.4 Å². The Morgan fingerprint density at radius 3 is 2.42 bits per heavy atom. The van der Waals surface area contributed by atoms with Gasteiger partial charge in [-0.1, -0.05) is 12.8 Å². The quantitative estimate of drug-likeness (QED) is 0.889. The normalized spacial score (nSPS) is 16.1. The molecular weight excluding hydrogens is 287 g/mol. The predicted molar refractivity (Wildman–Crippen MR) is 79.0 cm³/mol. The first kappa shape index (κ1) is 18.1. The van der Waals surface area contributed by atoms with Gasteiger partial charge in [-0.05, 0) is 19.8 Å². The van der Waals surface area contributed by atoms with E-state index in [1.54, 1.807) is 6.20 Å². The summed E-state index contributed by atoms with van der Waals surface area (Å²) in [6, 6.07) is 0. The van der Waals surface area contributed by atoms with Crippen LogP contribution in [0.1, 0.15) is 41.9 Å². The molecule has 0 radical (unpaired) electrons. The number of amides is 1. The van der Waals surface area contributed by atoms with Crippen molar-refractivity contribution in [2.45, 2.75) is 38.1 Å². The van der Waals surface area contributed by atoms with Crippen LogP contribution < -0.4 is 11.1 Å². The van der Waals surface area contributed by atoms with Crippen molar-refractivity contribution in [1.29, 1.82) is 0 Å². The van der Waals surface area contributed by atoms with Crippen molar-refractivity contribution in [3.05, 3.63) is 23.8 Å². The average molecular weight is 307 g/mol. The Bertz CT molecular complexity index is 405. The number of hydrogen-bond acceptors (Lipinski definition) is 4. The van der Waals surface area contributed by atoms with E-state index in [0.29, 0.717) is 12.2 Å². The molecule has 1 amide bonds. The van der Waals surface area contributed by atoms with E-state index >= 15 is 0 Å². The number of nitrogens with two attached hydrogens (primary N) is 1. The topological polar surface area (TPSA) is 80.9 Å². The standard InChI is InChI=1S/C12H18N4O.2ClH/c1-9-6-15-10(7-14-9)11(17)16-12(8-13)4-2-3-5-12;;/h6-7H,2-5,8,13H2,1H3,(H,16,17);2*1H. The van der Waals surface area contributed by atoms with Crippen molar-refractivity contribution in [2.75, 3.05) is 6.54 Å². The number of aromatic nitrogens is 2. The molecule has 3 N–H and O–H groups in total. The third-order valence-corrected chi connectivity index (χ3v) is 3.34. The van der Waals surface area contributed by atoms with Crippen LogP contribution in [-0.4, -0.2) is 28.0 Å². The minimum Gasteiger partial charge on any atom is -0.344 e. The molecule has 1 heterocycles. The number of rotatable bonds is 3. The second-order valence-corrected chi connectivity index (χ2v) is 4.69. The van der Waals surface area contributed by atoms with Crippen LogP contribution >= 0.6 is 24.8 Å². The van der Waals surface area contributed by atoms with Crippen LogP contribution in [0.25, 0.3) is 0 Å². The van der Waals surface area contributed by atoms with Crippen LogP contribution in [0.3, 0.4) is 0 Å². The van der Waals surface area contributed by atoms with Gasteiger partial charge in [-0.2, -0.15) is 0 Å². The van der Waals surface area contributed by atoms with Crippen molar-refractivity contribution in [3.8, 4) is 0 Å².